The summed E-state index contributed by atoms with van der Waals surface area (Å²) in [6.45, 7) is 0. The molecule has 0 aromatic carbocycles. The van der Waals surface area contributed by atoms with Gasteiger partial charge < -0.3 is 22.5 Å². The number of thiol groups is 2. The van der Waals surface area contributed by atoms with Gasteiger partial charge in [0, 0.05) is 39.4 Å². The first-order chi connectivity index (χ1) is 3.81. The maximum Gasteiger partial charge on any atom is 0.315 e. The minimum atomic E-state index is -0.503. The van der Waals surface area contributed by atoms with Crippen molar-refractivity contribution in [3.8, 4) is 0 Å². The van der Waals surface area contributed by atoms with Gasteiger partial charge in [0.05, 0.1) is 0 Å². The predicted molar refractivity (Wildman–Crippen MR) is 38.8 cm³/mol. The first-order valence-corrected chi connectivity index (χ1v) is 2.37. The number of rotatable bonds is 3. The zero-order valence-corrected chi connectivity index (χ0v) is 8.56. The van der Waals surface area contributed by atoms with Crippen molar-refractivity contribution >= 4 is 38.7 Å². The first kappa shape index (κ1) is 16.8. The van der Waals surface area contributed by atoms with Crippen LogP contribution in [0.25, 0.3) is 0 Å². The third-order valence-electron chi connectivity index (χ3n) is 0.533. The molecule has 0 saturated heterocycles. The van der Waals surface area contributed by atoms with Crippen molar-refractivity contribution in [1.82, 2.24) is 0 Å². The molecule has 0 aromatic rings. The first-order valence-electron chi connectivity index (χ1n) is 2.00. The molecule has 0 N–H and O–H groups in total. The van der Waals surface area contributed by atoms with E-state index in [1.807, 2.05) is 0 Å². The number of carbonyl (C=O) groups excluding carboxylic acids is 2. The molecule has 0 heterocycles. The quantitative estimate of drug-likeness (QED) is 0.337. The van der Waals surface area contributed by atoms with Crippen molar-refractivity contribution in [1.29, 1.82) is 0 Å². The van der Waals surface area contributed by atoms with Gasteiger partial charge in [-0.25, -0.2) is 0 Å². The fourth-order valence-corrected chi connectivity index (χ4v) is 0.290. The maximum absolute atomic E-state index is 10.1. The Bertz CT molecular complexity index is 98.5. The minimum absolute atomic E-state index is 0. The Labute approximate surface area is 85.3 Å². The summed E-state index contributed by atoms with van der Waals surface area (Å²) in [5.74, 6) is -0.503. The average Bonchev–Trinajstić information content (AvgIpc) is 1.83. The minimum Gasteiger partial charge on any atom is -0.813 e. The summed E-state index contributed by atoms with van der Waals surface area (Å²) in [6.07, 6.45) is 1.69. The predicted octanol–water partition coefficient (Wildman–Crippen LogP) is -0.00830. The molecule has 3 nitrogen and oxygen atoms in total. The molecule has 0 aromatic heterocycles. The third kappa shape index (κ3) is 11.3. The Morgan fingerprint density at radius 3 is 2.40 bits per heavy atom. The normalized spacial score (nSPS) is 6.50. The Morgan fingerprint density at radius 1 is 1.60 bits per heavy atom. The second kappa shape index (κ2) is 12.2. The van der Waals surface area contributed by atoms with Gasteiger partial charge >= 0.3 is 5.97 Å². The van der Waals surface area contributed by atoms with E-state index >= 15 is 0 Å². The molecule has 0 atom stereocenters. The third-order valence-corrected chi connectivity index (χ3v) is 0.737. The molecule has 1 radical (unpaired) electrons. The Hall–Kier alpha value is 0.489. The van der Waals surface area contributed by atoms with E-state index in [-0.39, 0.29) is 46.4 Å². The van der Waals surface area contributed by atoms with E-state index in [4.69, 9.17) is 0 Å². The fraction of sp³-hybridized carbons (Fsp3) is 0.500. The summed E-state index contributed by atoms with van der Waals surface area (Å²) in [7, 11) is 0. The summed E-state index contributed by atoms with van der Waals surface area (Å²) < 4.78 is 3.93. The smallest absolute Gasteiger partial charge is 0.315 e. The molecule has 0 aliphatic heterocycles. The summed E-state index contributed by atoms with van der Waals surface area (Å²) in [6, 6.07) is 0. The van der Waals surface area contributed by atoms with Crippen LogP contribution in [0.1, 0.15) is 12.8 Å². The monoisotopic (exact) mass is 263 g/mol. The Kier molecular flexibility index (Phi) is 20.5. The van der Waals surface area contributed by atoms with E-state index < -0.39 is 5.97 Å². The molecule has 0 fully saturated rings. The van der Waals surface area contributed by atoms with Crippen molar-refractivity contribution in [3.63, 3.8) is 0 Å². The van der Waals surface area contributed by atoms with E-state index in [1.165, 1.54) is 0 Å². The van der Waals surface area contributed by atoms with E-state index in [9.17, 15) is 9.59 Å². The SMILES string of the molecule is O=[C-]CCC(=O)OS.[SH-].[Tc]. The van der Waals surface area contributed by atoms with Crippen molar-refractivity contribution < 1.29 is 33.9 Å². The molecule has 10 heavy (non-hydrogen) atoms. The van der Waals surface area contributed by atoms with Gasteiger partial charge in [0.2, 0.25) is 0 Å². The van der Waals surface area contributed by atoms with E-state index in [0.717, 1.165) is 0 Å². The molecule has 0 unspecified atom stereocenters. The van der Waals surface area contributed by atoms with E-state index in [1.54, 1.807) is 6.29 Å². The van der Waals surface area contributed by atoms with Crippen LogP contribution >= 0.6 is 12.9 Å². The van der Waals surface area contributed by atoms with Gasteiger partial charge in [-0.05, 0) is 0 Å². The number of hydrogen-bond donors (Lipinski definition) is 1. The van der Waals surface area contributed by atoms with Crippen molar-refractivity contribution in [3.05, 3.63) is 0 Å². The van der Waals surface area contributed by atoms with Crippen LogP contribution in [0.2, 0.25) is 0 Å². The van der Waals surface area contributed by atoms with Crippen LogP contribution in [0.4, 0.5) is 0 Å². The summed E-state index contributed by atoms with van der Waals surface area (Å²) in [5, 5.41) is 0. The molecule has 0 rings (SSSR count). The Balaban J connectivity index is -0.000000245. The van der Waals surface area contributed by atoms with Crippen LogP contribution in [0.15, 0.2) is 0 Å². The standard InChI is InChI=1S/C4H5O3S.H2S.Tc/c5-3-1-2-4(6)7-8;;/h8H,1-2H2;1H2;/q-1;;/p-1. The molecule has 0 bridgehead atoms. The molecule has 0 amide bonds. The van der Waals surface area contributed by atoms with Gasteiger partial charge in [0.15, 0.2) is 0 Å². The van der Waals surface area contributed by atoms with Gasteiger partial charge in [-0.2, -0.15) is 0 Å². The number of hydrogen-bond acceptors (Lipinski definition) is 5. The number of carbonyl (C=O) groups is 1. The molecule has 0 aliphatic carbocycles. The van der Waals surface area contributed by atoms with Crippen LogP contribution in [0.3, 0.4) is 0 Å². The largest absolute Gasteiger partial charge is 0.813 e. The van der Waals surface area contributed by atoms with Crippen LogP contribution in [-0.4, -0.2) is 12.3 Å². The summed E-state index contributed by atoms with van der Waals surface area (Å²) in [5.41, 5.74) is 0. The molecule has 0 saturated carbocycles. The molecule has 6 heteroatoms. The topological polar surface area (TPSA) is 43.4 Å². The van der Waals surface area contributed by atoms with Crippen LogP contribution in [-0.2, 0) is 47.4 Å². The van der Waals surface area contributed by atoms with Gasteiger partial charge in [0.25, 0.3) is 0 Å². The zero-order chi connectivity index (χ0) is 6.41. The fourth-order valence-electron chi connectivity index (χ4n) is 0.199. The summed E-state index contributed by atoms with van der Waals surface area (Å²) in [4.78, 5) is 19.6. The van der Waals surface area contributed by atoms with Gasteiger partial charge in [-0.3, -0.25) is 11.1 Å². The zero-order valence-electron chi connectivity index (χ0n) is 4.91. The molecule has 0 spiro atoms. The molecular weight excluding hydrogens is 258 g/mol. The van der Waals surface area contributed by atoms with Gasteiger partial charge in [-0.15, -0.1) is 6.42 Å². The van der Waals surface area contributed by atoms with Crippen LogP contribution in [0, 0.1) is 0 Å². The molecule has 61 valence electrons. The van der Waals surface area contributed by atoms with Gasteiger partial charge in [0.1, 0.15) is 0 Å². The van der Waals surface area contributed by atoms with Crippen molar-refractivity contribution in [2.24, 2.45) is 0 Å². The van der Waals surface area contributed by atoms with E-state index in [0.29, 0.717) is 0 Å². The van der Waals surface area contributed by atoms with E-state index in [2.05, 4.69) is 17.1 Å². The van der Waals surface area contributed by atoms with Crippen LogP contribution < -0.4 is 0 Å². The molecular formula is C4H6O3S2Tc-2. The average molecular weight is 264 g/mol. The second-order valence-corrected chi connectivity index (χ2v) is 1.29. The van der Waals surface area contributed by atoms with Crippen molar-refractivity contribution in [2.75, 3.05) is 0 Å². The van der Waals surface area contributed by atoms with Crippen LogP contribution in [0.5, 0.6) is 0 Å². The summed E-state index contributed by atoms with van der Waals surface area (Å²) >= 11 is 3.21. The maximum atomic E-state index is 10.1. The second-order valence-electron chi connectivity index (χ2n) is 1.11. The Morgan fingerprint density at radius 2 is 2.10 bits per heavy atom. The molecule has 0 aliphatic rings. The van der Waals surface area contributed by atoms with Crippen molar-refractivity contribution in [2.45, 2.75) is 12.8 Å². The van der Waals surface area contributed by atoms with Gasteiger partial charge in [-0.1, -0.05) is 0 Å².